The van der Waals surface area contributed by atoms with Crippen molar-refractivity contribution >= 4 is 0 Å². The average molecular weight is 477 g/mol. The fraction of sp³-hybridized carbons (Fsp3) is 1.00. The number of rotatable bonds is 2. The van der Waals surface area contributed by atoms with E-state index in [1.165, 1.54) is 12.8 Å². The van der Waals surface area contributed by atoms with Crippen LogP contribution in [-0.2, 0) is 4.74 Å². The summed E-state index contributed by atoms with van der Waals surface area (Å²) in [4.78, 5) is 0. The van der Waals surface area contributed by atoms with Crippen molar-refractivity contribution in [1.29, 1.82) is 0 Å². The lowest BCUT2D eigenvalue weighted by Gasteiger charge is -2.70. The van der Waals surface area contributed by atoms with Gasteiger partial charge in [0.15, 0.2) is 0 Å². The van der Waals surface area contributed by atoms with Gasteiger partial charge < -0.3 is 20.1 Å². The van der Waals surface area contributed by atoms with E-state index >= 15 is 0 Å². The van der Waals surface area contributed by atoms with E-state index < -0.39 is 5.60 Å². The lowest BCUT2D eigenvalue weighted by atomic mass is 9.35. The Labute approximate surface area is 208 Å². The molecule has 0 spiro atoms. The van der Waals surface area contributed by atoms with Gasteiger partial charge >= 0.3 is 0 Å². The van der Waals surface area contributed by atoms with Crippen LogP contribution < -0.4 is 0 Å². The third kappa shape index (κ3) is 3.16. The largest absolute Gasteiger partial charge is 0.393 e. The van der Waals surface area contributed by atoms with Crippen LogP contribution in [0.5, 0.6) is 0 Å². The zero-order valence-corrected chi connectivity index (χ0v) is 23.2. The SMILES string of the molecule is CC(C)(O)[C@H]1CC[C@@](C)([C@H]2CC[C@]3(C)[C@H]2[C@@H](O)C[C@H]2[C@@]4(C)CC[C@@H](O)C(C)(C)[C@@H]4CC[C@]23C)O1. The Morgan fingerprint density at radius 2 is 1.41 bits per heavy atom. The number of ether oxygens (including phenoxy) is 1. The molecule has 0 amide bonds. The standard InChI is InChI=1S/C30H52O4/c1-25(2)20-10-15-28(6)21(27(20,5)13-11-22(25)32)17-19(31)24-18(9-14-29(24,28)7)30(8)16-12-23(34-30)26(3,4)33/h18-24,31-33H,9-17H2,1-8H3/t18-,19-,20-,21-,22+,23+,24+,27-,28+,29+,30-/m0/s1. The van der Waals surface area contributed by atoms with Gasteiger partial charge in [-0.25, -0.2) is 0 Å². The summed E-state index contributed by atoms with van der Waals surface area (Å²) >= 11 is 0. The highest BCUT2D eigenvalue weighted by Gasteiger charge is 2.71. The molecule has 1 heterocycles. The van der Waals surface area contributed by atoms with E-state index in [9.17, 15) is 15.3 Å². The molecule has 1 saturated heterocycles. The first-order valence-corrected chi connectivity index (χ1v) is 14.3. The molecule has 11 atom stereocenters. The van der Waals surface area contributed by atoms with Crippen LogP contribution >= 0.6 is 0 Å². The summed E-state index contributed by atoms with van der Waals surface area (Å²) in [6, 6.07) is 0. The topological polar surface area (TPSA) is 69.9 Å². The molecule has 0 bridgehead atoms. The Bertz CT molecular complexity index is 817. The molecule has 4 nitrogen and oxygen atoms in total. The van der Waals surface area contributed by atoms with Crippen molar-refractivity contribution in [1.82, 2.24) is 0 Å². The first-order chi connectivity index (χ1) is 15.5. The average Bonchev–Trinajstić information content (AvgIpc) is 3.30. The van der Waals surface area contributed by atoms with Gasteiger partial charge in [-0.2, -0.15) is 0 Å². The van der Waals surface area contributed by atoms with Gasteiger partial charge in [0.25, 0.3) is 0 Å². The maximum absolute atomic E-state index is 11.9. The van der Waals surface area contributed by atoms with Gasteiger partial charge in [0.2, 0.25) is 0 Å². The third-order valence-electron chi connectivity index (χ3n) is 13.3. The van der Waals surface area contributed by atoms with E-state index in [1.807, 2.05) is 13.8 Å². The van der Waals surface area contributed by atoms with Crippen LogP contribution in [0.4, 0.5) is 0 Å². The van der Waals surface area contributed by atoms with Crippen molar-refractivity contribution in [3.8, 4) is 0 Å². The summed E-state index contributed by atoms with van der Waals surface area (Å²) in [6.45, 7) is 18.1. The molecule has 0 aromatic heterocycles. The van der Waals surface area contributed by atoms with Gasteiger partial charge in [-0.3, -0.25) is 0 Å². The molecule has 0 aromatic carbocycles. The molecule has 3 N–H and O–H groups in total. The molecule has 0 unspecified atom stereocenters. The van der Waals surface area contributed by atoms with Crippen molar-refractivity contribution in [3.63, 3.8) is 0 Å². The summed E-state index contributed by atoms with van der Waals surface area (Å²) in [6.07, 6.45) is 8.72. The lowest BCUT2D eigenvalue weighted by Crippen LogP contribution is -2.66. The van der Waals surface area contributed by atoms with Crippen molar-refractivity contribution < 1.29 is 20.1 Å². The molecule has 34 heavy (non-hydrogen) atoms. The number of fused-ring (bicyclic) bond motifs is 5. The molecular formula is C30H52O4. The van der Waals surface area contributed by atoms with Gasteiger partial charge in [-0.05, 0) is 124 Å². The molecular weight excluding hydrogens is 424 g/mol. The molecule has 196 valence electrons. The predicted molar refractivity (Wildman–Crippen MR) is 135 cm³/mol. The Morgan fingerprint density at radius 1 is 0.765 bits per heavy atom. The minimum absolute atomic E-state index is 0.0630. The summed E-state index contributed by atoms with van der Waals surface area (Å²) in [5.41, 5.74) is -0.703. The zero-order chi connectivity index (χ0) is 25.1. The van der Waals surface area contributed by atoms with E-state index in [1.54, 1.807) is 0 Å². The number of hydrogen-bond donors (Lipinski definition) is 3. The number of aliphatic hydroxyl groups excluding tert-OH is 2. The Morgan fingerprint density at radius 3 is 2.03 bits per heavy atom. The predicted octanol–water partition coefficient (Wildman–Crippen LogP) is 5.71. The molecule has 5 rings (SSSR count). The van der Waals surface area contributed by atoms with Crippen LogP contribution in [0.15, 0.2) is 0 Å². The Balaban J connectivity index is 1.48. The van der Waals surface area contributed by atoms with Crippen LogP contribution in [0.3, 0.4) is 0 Å². The second kappa shape index (κ2) is 7.45. The molecule has 4 heteroatoms. The summed E-state index contributed by atoms with van der Waals surface area (Å²) in [7, 11) is 0. The van der Waals surface area contributed by atoms with Crippen LogP contribution in [-0.4, -0.2) is 44.8 Å². The number of aliphatic hydroxyl groups is 3. The van der Waals surface area contributed by atoms with Crippen LogP contribution in [0, 0.1) is 45.3 Å². The molecule has 5 fully saturated rings. The molecule has 5 aliphatic rings. The fourth-order valence-electron chi connectivity index (χ4n) is 11.1. The van der Waals surface area contributed by atoms with E-state index in [0.29, 0.717) is 17.8 Å². The van der Waals surface area contributed by atoms with E-state index in [2.05, 4.69) is 41.5 Å². The van der Waals surface area contributed by atoms with Gasteiger partial charge in [-0.1, -0.05) is 34.6 Å². The Hall–Kier alpha value is -0.160. The van der Waals surface area contributed by atoms with Gasteiger partial charge in [0, 0.05) is 0 Å². The smallest absolute Gasteiger partial charge is 0.0865 e. The number of hydrogen-bond acceptors (Lipinski definition) is 4. The van der Waals surface area contributed by atoms with Crippen molar-refractivity contribution in [2.75, 3.05) is 0 Å². The highest BCUT2D eigenvalue weighted by Crippen LogP contribution is 2.76. The summed E-state index contributed by atoms with van der Waals surface area (Å²) in [5, 5.41) is 33.4. The second-order valence-corrected chi connectivity index (χ2v) is 15.4. The van der Waals surface area contributed by atoms with E-state index in [-0.39, 0.29) is 51.5 Å². The molecule has 0 aromatic rings. The summed E-state index contributed by atoms with van der Waals surface area (Å²) < 4.78 is 6.66. The molecule has 4 aliphatic carbocycles. The Kier molecular flexibility index (Phi) is 5.59. The maximum Gasteiger partial charge on any atom is 0.0865 e. The molecule has 0 radical (unpaired) electrons. The summed E-state index contributed by atoms with van der Waals surface area (Å²) in [5.74, 6) is 1.59. The minimum atomic E-state index is -0.826. The highest BCUT2D eigenvalue weighted by atomic mass is 16.5. The molecule has 1 aliphatic heterocycles. The zero-order valence-electron chi connectivity index (χ0n) is 23.2. The third-order valence-corrected chi connectivity index (χ3v) is 13.3. The van der Waals surface area contributed by atoms with Crippen molar-refractivity contribution in [3.05, 3.63) is 0 Å². The first kappa shape index (κ1) is 25.5. The minimum Gasteiger partial charge on any atom is -0.393 e. The van der Waals surface area contributed by atoms with Crippen LogP contribution in [0.25, 0.3) is 0 Å². The lowest BCUT2D eigenvalue weighted by molar-refractivity contribution is -0.248. The van der Waals surface area contributed by atoms with E-state index in [4.69, 9.17) is 4.74 Å². The maximum atomic E-state index is 11.9. The highest BCUT2D eigenvalue weighted by molar-refractivity contribution is 5.20. The first-order valence-electron chi connectivity index (χ1n) is 14.3. The van der Waals surface area contributed by atoms with Gasteiger partial charge in [0.05, 0.1) is 29.5 Å². The normalized spacial score (nSPS) is 57.1. The van der Waals surface area contributed by atoms with E-state index in [0.717, 1.165) is 44.9 Å². The van der Waals surface area contributed by atoms with Gasteiger partial charge in [-0.15, -0.1) is 0 Å². The van der Waals surface area contributed by atoms with Crippen LogP contribution in [0.2, 0.25) is 0 Å². The molecule has 4 saturated carbocycles. The van der Waals surface area contributed by atoms with Crippen LogP contribution in [0.1, 0.15) is 113 Å². The van der Waals surface area contributed by atoms with Crippen molar-refractivity contribution in [2.45, 2.75) is 143 Å². The second-order valence-electron chi connectivity index (χ2n) is 15.4. The quantitative estimate of drug-likeness (QED) is 0.477. The fourth-order valence-corrected chi connectivity index (χ4v) is 11.1. The van der Waals surface area contributed by atoms with Crippen molar-refractivity contribution in [2.24, 2.45) is 45.3 Å². The monoisotopic (exact) mass is 476 g/mol. The van der Waals surface area contributed by atoms with Gasteiger partial charge in [0.1, 0.15) is 0 Å².